The van der Waals surface area contributed by atoms with Crippen molar-refractivity contribution in [3.8, 4) is 6.07 Å². The van der Waals surface area contributed by atoms with Crippen molar-refractivity contribution in [2.75, 3.05) is 12.9 Å². The van der Waals surface area contributed by atoms with Gasteiger partial charge in [-0.3, -0.25) is 9.78 Å². The Kier molecular flexibility index (Phi) is 5.02. The summed E-state index contributed by atoms with van der Waals surface area (Å²) in [5.41, 5.74) is 0.865. The van der Waals surface area contributed by atoms with Gasteiger partial charge in [-0.25, -0.2) is 4.40 Å². The highest BCUT2D eigenvalue weighted by atomic mass is 32.2. The van der Waals surface area contributed by atoms with Gasteiger partial charge < -0.3 is 4.74 Å². The number of carbonyl (C=O) groups excluding carboxylic acids is 1. The first-order valence-corrected chi connectivity index (χ1v) is 5.29. The van der Waals surface area contributed by atoms with E-state index >= 15 is 0 Å². The molecule has 0 radical (unpaired) electrons. The van der Waals surface area contributed by atoms with Crippen LogP contribution in [0.1, 0.15) is 5.56 Å². The topological polar surface area (TPSA) is 75.3 Å². The Morgan fingerprint density at radius 3 is 3.12 bits per heavy atom. The van der Waals surface area contributed by atoms with Crippen molar-refractivity contribution in [3.63, 3.8) is 0 Å². The van der Waals surface area contributed by atoms with Gasteiger partial charge in [0.1, 0.15) is 11.8 Å². The van der Waals surface area contributed by atoms with Crippen LogP contribution in [0.5, 0.6) is 0 Å². The smallest absolute Gasteiger partial charge is 0.317 e. The predicted molar refractivity (Wildman–Crippen MR) is 60.9 cm³/mol. The summed E-state index contributed by atoms with van der Waals surface area (Å²) in [4.78, 5) is 14.7. The molecule has 1 aromatic heterocycles. The summed E-state index contributed by atoms with van der Waals surface area (Å²) >= 11 is 0.977. The first-order valence-electron chi connectivity index (χ1n) is 4.35. The number of aromatic nitrogens is 1. The van der Waals surface area contributed by atoms with E-state index in [0.29, 0.717) is 5.56 Å². The van der Waals surface area contributed by atoms with Crippen molar-refractivity contribution in [2.45, 2.75) is 0 Å². The molecule has 0 amide bonds. The van der Waals surface area contributed by atoms with Gasteiger partial charge >= 0.3 is 5.97 Å². The third-order valence-electron chi connectivity index (χ3n) is 1.61. The number of pyridine rings is 1. The third-order valence-corrected chi connectivity index (χ3v) is 2.28. The summed E-state index contributed by atoms with van der Waals surface area (Å²) in [5, 5.41) is 8.86. The van der Waals surface area contributed by atoms with Crippen molar-refractivity contribution in [2.24, 2.45) is 4.40 Å². The van der Waals surface area contributed by atoms with Crippen molar-refractivity contribution < 1.29 is 9.53 Å². The molecule has 0 spiro atoms. The highest BCUT2D eigenvalue weighted by Crippen LogP contribution is 2.07. The van der Waals surface area contributed by atoms with Crippen LogP contribution in [0.2, 0.25) is 0 Å². The average Bonchev–Trinajstić information content (AvgIpc) is 2.35. The number of ether oxygens (including phenoxy) is 1. The van der Waals surface area contributed by atoms with Crippen LogP contribution in [0.25, 0.3) is 0 Å². The van der Waals surface area contributed by atoms with Crippen LogP contribution in [0.4, 0.5) is 0 Å². The average molecular weight is 235 g/mol. The molecule has 0 aliphatic heterocycles. The van der Waals surface area contributed by atoms with E-state index in [2.05, 4.69) is 14.1 Å². The molecule has 16 heavy (non-hydrogen) atoms. The van der Waals surface area contributed by atoms with Crippen LogP contribution >= 0.6 is 11.9 Å². The zero-order valence-corrected chi connectivity index (χ0v) is 9.40. The SMILES string of the molecule is COC(=O)CS/N=C(\C#N)c1cccnc1. The van der Waals surface area contributed by atoms with Crippen LogP contribution in [-0.4, -0.2) is 29.5 Å². The fourth-order valence-corrected chi connectivity index (χ4v) is 1.41. The Bertz CT molecular complexity index is 425. The summed E-state index contributed by atoms with van der Waals surface area (Å²) in [5.74, 6) is -0.292. The lowest BCUT2D eigenvalue weighted by Crippen LogP contribution is -2.03. The summed E-state index contributed by atoms with van der Waals surface area (Å²) in [7, 11) is 1.30. The maximum absolute atomic E-state index is 10.8. The molecule has 0 aliphatic rings. The standard InChI is InChI=1S/C10H9N3O2S/c1-15-10(14)7-16-13-9(5-11)8-3-2-4-12-6-8/h2-4,6H,7H2,1H3/b13-9+. The second-order valence-corrected chi connectivity index (χ2v) is 3.37. The molecule has 0 aromatic carbocycles. The van der Waals surface area contributed by atoms with E-state index in [1.807, 2.05) is 6.07 Å². The van der Waals surface area contributed by atoms with E-state index in [1.165, 1.54) is 7.11 Å². The van der Waals surface area contributed by atoms with Gasteiger partial charge in [-0.1, -0.05) is 0 Å². The van der Waals surface area contributed by atoms with Crippen LogP contribution < -0.4 is 0 Å². The van der Waals surface area contributed by atoms with Crippen molar-refractivity contribution >= 4 is 23.6 Å². The normalized spacial score (nSPS) is 10.6. The van der Waals surface area contributed by atoms with E-state index in [4.69, 9.17) is 5.26 Å². The van der Waals surface area contributed by atoms with E-state index in [9.17, 15) is 4.79 Å². The minimum absolute atomic E-state index is 0.0853. The minimum atomic E-state index is -0.378. The van der Waals surface area contributed by atoms with Gasteiger partial charge in [0.2, 0.25) is 0 Å². The zero-order chi connectivity index (χ0) is 11.8. The number of rotatable bonds is 4. The number of nitrogens with zero attached hydrogens (tertiary/aromatic N) is 3. The molecule has 0 saturated carbocycles. The Hall–Kier alpha value is -1.87. The molecule has 0 fully saturated rings. The second kappa shape index (κ2) is 6.58. The molecule has 1 aromatic rings. The maximum atomic E-state index is 10.8. The van der Waals surface area contributed by atoms with Gasteiger partial charge in [-0.2, -0.15) is 5.26 Å². The number of carbonyl (C=O) groups is 1. The number of methoxy groups -OCH3 is 1. The number of esters is 1. The van der Waals surface area contributed by atoms with E-state index in [1.54, 1.807) is 24.5 Å². The first kappa shape index (κ1) is 12.2. The molecular formula is C10H9N3O2S. The second-order valence-electron chi connectivity index (χ2n) is 2.64. The van der Waals surface area contributed by atoms with Gasteiger partial charge in [0, 0.05) is 18.0 Å². The zero-order valence-electron chi connectivity index (χ0n) is 8.58. The number of hydrogen-bond acceptors (Lipinski definition) is 6. The predicted octanol–water partition coefficient (Wildman–Crippen LogP) is 1.22. The Morgan fingerprint density at radius 1 is 1.75 bits per heavy atom. The van der Waals surface area contributed by atoms with Crippen LogP contribution in [0, 0.1) is 11.3 Å². The lowest BCUT2D eigenvalue weighted by atomic mass is 10.2. The molecule has 6 heteroatoms. The summed E-state index contributed by atoms with van der Waals surface area (Å²) in [6.45, 7) is 0. The van der Waals surface area contributed by atoms with Crippen LogP contribution in [0.3, 0.4) is 0 Å². The Labute approximate surface area is 97.3 Å². The molecule has 1 heterocycles. The summed E-state index contributed by atoms with van der Waals surface area (Å²) in [6, 6.07) is 5.39. The molecule has 0 N–H and O–H groups in total. The highest BCUT2D eigenvalue weighted by Gasteiger charge is 2.04. The molecule has 0 saturated heterocycles. The van der Waals surface area contributed by atoms with Crippen LogP contribution in [0.15, 0.2) is 28.9 Å². The fraction of sp³-hybridized carbons (Fsp3) is 0.200. The molecule has 0 atom stereocenters. The minimum Gasteiger partial charge on any atom is -0.468 e. The van der Waals surface area contributed by atoms with E-state index in [0.717, 1.165) is 11.9 Å². The summed E-state index contributed by atoms with van der Waals surface area (Å²) < 4.78 is 8.38. The number of hydrogen-bond donors (Lipinski definition) is 0. The molecule has 82 valence electrons. The van der Waals surface area contributed by atoms with Gasteiger partial charge in [0.25, 0.3) is 0 Å². The maximum Gasteiger partial charge on any atom is 0.317 e. The molecule has 0 unspecified atom stereocenters. The van der Waals surface area contributed by atoms with Gasteiger partial charge in [-0.15, -0.1) is 0 Å². The Morgan fingerprint density at radius 2 is 2.56 bits per heavy atom. The molecular weight excluding hydrogens is 226 g/mol. The molecule has 1 rings (SSSR count). The first-order chi connectivity index (χ1) is 7.77. The Balaban J connectivity index is 2.66. The molecule has 5 nitrogen and oxygen atoms in total. The van der Waals surface area contributed by atoms with Crippen molar-refractivity contribution in [1.29, 1.82) is 5.26 Å². The molecule has 0 aliphatic carbocycles. The van der Waals surface area contributed by atoms with Gasteiger partial charge in [0.05, 0.1) is 7.11 Å². The monoisotopic (exact) mass is 235 g/mol. The lowest BCUT2D eigenvalue weighted by Gasteiger charge is -1.97. The fourth-order valence-electron chi connectivity index (χ4n) is 0.849. The largest absolute Gasteiger partial charge is 0.468 e. The quantitative estimate of drug-likeness (QED) is 0.445. The van der Waals surface area contributed by atoms with E-state index in [-0.39, 0.29) is 17.4 Å². The van der Waals surface area contributed by atoms with Gasteiger partial charge in [-0.05, 0) is 24.1 Å². The number of nitriles is 1. The van der Waals surface area contributed by atoms with Crippen LogP contribution in [-0.2, 0) is 9.53 Å². The summed E-state index contributed by atoms with van der Waals surface area (Å²) in [6.07, 6.45) is 3.15. The van der Waals surface area contributed by atoms with Gasteiger partial charge in [0.15, 0.2) is 5.71 Å². The van der Waals surface area contributed by atoms with E-state index < -0.39 is 0 Å². The molecule has 0 bridgehead atoms. The highest BCUT2D eigenvalue weighted by molar-refractivity contribution is 7.98. The third kappa shape index (κ3) is 3.71. The van der Waals surface area contributed by atoms with Crippen molar-refractivity contribution in [1.82, 2.24) is 4.98 Å². The lowest BCUT2D eigenvalue weighted by molar-refractivity contribution is -0.137. The van der Waals surface area contributed by atoms with Crippen molar-refractivity contribution in [3.05, 3.63) is 30.1 Å².